The van der Waals surface area contributed by atoms with E-state index < -0.39 is 0 Å². The number of pyridine rings is 1. The first-order valence-corrected chi connectivity index (χ1v) is 10.5. The van der Waals surface area contributed by atoms with Crippen LogP contribution in [0.3, 0.4) is 0 Å². The van der Waals surface area contributed by atoms with Crippen molar-refractivity contribution in [2.45, 2.75) is 38.0 Å². The number of carbonyl (C=O) groups excluding carboxylic acids is 1. The van der Waals surface area contributed by atoms with Gasteiger partial charge in [0.1, 0.15) is 0 Å². The molecule has 0 unspecified atom stereocenters. The van der Waals surface area contributed by atoms with E-state index in [0.29, 0.717) is 6.42 Å². The van der Waals surface area contributed by atoms with Gasteiger partial charge in [0, 0.05) is 35.3 Å². The Balaban J connectivity index is 1.56. The topological polar surface area (TPSA) is 21.5 Å². The van der Waals surface area contributed by atoms with Gasteiger partial charge in [0.15, 0.2) is 5.78 Å². The van der Waals surface area contributed by atoms with E-state index in [1.807, 2.05) is 30.3 Å². The summed E-state index contributed by atoms with van der Waals surface area (Å²) < 4.78 is 2.36. The third-order valence-electron chi connectivity index (χ3n) is 6.22. The molecule has 5 rings (SSSR count). The SMILES string of the molecule is O=C(C[C@H]1CCCc2c(Cc3ccccc3)c3ccccn3c21)c1ccccc1. The Morgan fingerprint density at radius 1 is 0.897 bits per heavy atom. The van der Waals surface area contributed by atoms with Crippen molar-refractivity contribution >= 4 is 11.3 Å². The van der Waals surface area contributed by atoms with Gasteiger partial charge in [-0.2, -0.15) is 0 Å². The van der Waals surface area contributed by atoms with Gasteiger partial charge in [-0.15, -0.1) is 0 Å². The van der Waals surface area contributed by atoms with E-state index in [9.17, 15) is 4.79 Å². The lowest BCUT2D eigenvalue weighted by atomic mass is 9.82. The van der Waals surface area contributed by atoms with Crippen molar-refractivity contribution in [2.75, 3.05) is 0 Å². The monoisotopic (exact) mass is 379 g/mol. The molecular formula is C27H25NO. The molecular weight excluding hydrogens is 354 g/mol. The second kappa shape index (κ2) is 7.71. The Bertz CT molecular complexity index is 1140. The zero-order valence-electron chi connectivity index (χ0n) is 16.6. The maximum absolute atomic E-state index is 12.9. The van der Waals surface area contributed by atoms with Crippen LogP contribution in [0.15, 0.2) is 85.1 Å². The van der Waals surface area contributed by atoms with Crippen LogP contribution in [0.2, 0.25) is 0 Å². The zero-order chi connectivity index (χ0) is 19.6. The first-order chi connectivity index (χ1) is 14.3. The van der Waals surface area contributed by atoms with Gasteiger partial charge in [-0.3, -0.25) is 4.79 Å². The molecule has 29 heavy (non-hydrogen) atoms. The number of ketones is 1. The maximum Gasteiger partial charge on any atom is 0.163 e. The molecule has 0 N–H and O–H groups in total. The Morgan fingerprint density at radius 2 is 1.62 bits per heavy atom. The molecule has 0 amide bonds. The Kier molecular flexibility index (Phi) is 4.77. The molecule has 1 atom stereocenters. The molecule has 0 spiro atoms. The molecule has 2 aromatic carbocycles. The molecule has 1 aliphatic rings. The van der Waals surface area contributed by atoms with Crippen LogP contribution in [0.1, 0.15) is 57.9 Å². The first kappa shape index (κ1) is 17.9. The Hall–Kier alpha value is -3.13. The van der Waals surface area contributed by atoms with Gasteiger partial charge in [-0.25, -0.2) is 0 Å². The molecule has 2 aromatic heterocycles. The van der Waals surface area contributed by atoms with Crippen molar-refractivity contribution in [3.8, 4) is 0 Å². The predicted octanol–water partition coefficient (Wildman–Crippen LogP) is 6.22. The van der Waals surface area contributed by atoms with E-state index in [-0.39, 0.29) is 11.7 Å². The molecule has 0 bridgehead atoms. The zero-order valence-corrected chi connectivity index (χ0v) is 16.6. The summed E-state index contributed by atoms with van der Waals surface area (Å²) in [5.41, 5.74) is 7.72. The van der Waals surface area contributed by atoms with E-state index in [1.54, 1.807) is 0 Å². The fourth-order valence-corrected chi connectivity index (χ4v) is 4.90. The van der Waals surface area contributed by atoms with Crippen molar-refractivity contribution in [1.29, 1.82) is 0 Å². The number of carbonyl (C=O) groups is 1. The highest BCUT2D eigenvalue weighted by Gasteiger charge is 2.29. The summed E-state index contributed by atoms with van der Waals surface area (Å²) in [6.07, 6.45) is 7.05. The number of fused-ring (bicyclic) bond motifs is 3. The second-order valence-electron chi connectivity index (χ2n) is 8.04. The molecule has 0 aliphatic heterocycles. The standard InChI is InChI=1S/C27H25NO/c29-26(21-12-5-2-6-13-21)19-22-14-9-15-23-24(18-20-10-3-1-4-11-20)25-16-7-8-17-28(25)27(22)23/h1-8,10-13,16-17,22H,9,14-15,18-19H2/t22-/m1/s1. The highest BCUT2D eigenvalue weighted by Crippen LogP contribution is 2.40. The molecule has 0 fully saturated rings. The minimum absolute atomic E-state index is 0.249. The summed E-state index contributed by atoms with van der Waals surface area (Å²) in [6, 6.07) is 26.9. The average Bonchev–Trinajstić information content (AvgIpc) is 3.10. The molecule has 144 valence electrons. The molecule has 0 radical (unpaired) electrons. The molecule has 0 saturated heterocycles. The van der Waals surface area contributed by atoms with Gasteiger partial charge in [0.2, 0.25) is 0 Å². The summed E-state index contributed by atoms with van der Waals surface area (Å²) in [6.45, 7) is 0. The number of aromatic nitrogens is 1. The number of Topliss-reactive ketones (excluding diaryl/α,β-unsaturated/α-hetero) is 1. The smallest absolute Gasteiger partial charge is 0.163 e. The first-order valence-electron chi connectivity index (χ1n) is 10.5. The van der Waals surface area contributed by atoms with E-state index in [1.165, 1.54) is 27.9 Å². The van der Waals surface area contributed by atoms with Crippen LogP contribution >= 0.6 is 0 Å². The number of nitrogens with zero attached hydrogens (tertiary/aromatic N) is 1. The largest absolute Gasteiger partial charge is 0.320 e. The van der Waals surface area contributed by atoms with Crippen molar-refractivity contribution < 1.29 is 4.79 Å². The van der Waals surface area contributed by atoms with Crippen LogP contribution in [0, 0.1) is 0 Å². The van der Waals surface area contributed by atoms with Crippen molar-refractivity contribution in [3.05, 3.63) is 113 Å². The van der Waals surface area contributed by atoms with Gasteiger partial charge in [-0.1, -0.05) is 66.7 Å². The normalized spacial score (nSPS) is 15.9. The van der Waals surface area contributed by atoms with Crippen LogP contribution in [-0.2, 0) is 12.8 Å². The van der Waals surface area contributed by atoms with Crippen LogP contribution in [-0.4, -0.2) is 10.2 Å². The van der Waals surface area contributed by atoms with Gasteiger partial charge >= 0.3 is 0 Å². The van der Waals surface area contributed by atoms with Crippen LogP contribution < -0.4 is 0 Å². The van der Waals surface area contributed by atoms with Crippen molar-refractivity contribution in [2.24, 2.45) is 0 Å². The number of benzene rings is 2. The molecule has 4 aromatic rings. The summed E-state index contributed by atoms with van der Waals surface area (Å²) in [5, 5.41) is 0. The van der Waals surface area contributed by atoms with Crippen LogP contribution in [0.4, 0.5) is 0 Å². The molecule has 1 aliphatic carbocycles. The lowest BCUT2D eigenvalue weighted by molar-refractivity contribution is 0.0970. The maximum atomic E-state index is 12.9. The molecule has 2 heterocycles. The number of hydrogen-bond donors (Lipinski definition) is 0. The van der Waals surface area contributed by atoms with E-state index in [0.717, 1.165) is 31.2 Å². The average molecular weight is 380 g/mol. The van der Waals surface area contributed by atoms with Crippen LogP contribution in [0.5, 0.6) is 0 Å². The van der Waals surface area contributed by atoms with E-state index in [4.69, 9.17) is 0 Å². The Morgan fingerprint density at radius 3 is 2.41 bits per heavy atom. The fourth-order valence-electron chi connectivity index (χ4n) is 4.90. The quantitative estimate of drug-likeness (QED) is 0.377. The highest BCUT2D eigenvalue weighted by molar-refractivity contribution is 5.96. The fraction of sp³-hybridized carbons (Fsp3) is 0.222. The van der Waals surface area contributed by atoms with Crippen molar-refractivity contribution in [1.82, 2.24) is 4.40 Å². The summed E-state index contributed by atoms with van der Waals surface area (Å²) in [4.78, 5) is 12.9. The predicted molar refractivity (Wildman–Crippen MR) is 118 cm³/mol. The van der Waals surface area contributed by atoms with Gasteiger partial charge in [-0.05, 0) is 54.5 Å². The second-order valence-corrected chi connectivity index (χ2v) is 8.04. The third-order valence-corrected chi connectivity index (χ3v) is 6.22. The van der Waals surface area contributed by atoms with E-state index in [2.05, 4.69) is 59.1 Å². The van der Waals surface area contributed by atoms with Gasteiger partial charge in [0.25, 0.3) is 0 Å². The van der Waals surface area contributed by atoms with E-state index >= 15 is 0 Å². The highest BCUT2D eigenvalue weighted by atomic mass is 16.1. The summed E-state index contributed by atoms with van der Waals surface area (Å²) in [5.74, 6) is 0.532. The van der Waals surface area contributed by atoms with Gasteiger partial charge in [0.05, 0.1) is 0 Å². The minimum Gasteiger partial charge on any atom is -0.320 e. The van der Waals surface area contributed by atoms with Crippen LogP contribution in [0.25, 0.3) is 5.52 Å². The number of hydrogen-bond acceptors (Lipinski definition) is 1. The summed E-state index contributed by atoms with van der Waals surface area (Å²) in [7, 11) is 0. The molecule has 0 saturated carbocycles. The summed E-state index contributed by atoms with van der Waals surface area (Å²) >= 11 is 0. The lowest BCUT2D eigenvalue weighted by Crippen LogP contribution is -2.15. The van der Waals surface area contributed by atoms with Gasteiger partial charge < -0.3 is 4.40 Å². The molecule has 2 nitrogen and oxygen atoms in total. The minimum atomic E-state index is 0.249. The number of rotatable bonds is 5. The molecule has 2 heteroatoms. The Labute approximate surface area is 171 Å². The van der Waals surface area contributed by atoms with Crippen molar-refractivity contribution in [3.63, 3.8) is 0 Å². The lowest BCUT2D eigenvalue weighted by Gasteiger charge is -2.24. The third kappa shape index (κ3) is 3.40.